The number of amides is 1. The summed E-state index contributed by atoms with van der Waals surface area (Å²) in [4.78, 5) is 14.8. The van der Waals surface area contributed by atoms with Crippen LogP contribution in [0.4, 0.5) is 5.69 Å². The van der Waals surface area contributed by atoms with E-state index in [0.717, 1.165) is 42.1 Å². The standard InChI is InChI=1S/C21H23ClN2O3/c1-14-4-6-16(22)12-17(14)23-21(25)13-24-8-2-3-18(24)15-5-7-19-20(11-15)27-10-9-26-19/h4-7,11-12,18H,2-3,8-10,13H2,1H3,(H,23,25)/t18-/m1/s1. The molecule has 4 rings (SSSR count). The Kier molecular flexibility index (Phi) is 5.23. The Labute approximate surface area is 164 Å². The van der Waals surface area contributed by atoms with Gasteiger partial charge in [0, 0.05) is 16.8 Å². The molecule has 1 atom stereocenters. The molecule has 1 N–H and O–H groups in total. The van der Waals surface area contributed by atoms with Crippen LogP contribution in [-0.2, 0) is 4.79 Å². The van der Waals surface area contributed by atoms with E-state index in [4.69, 9.17) is 21.1 Å². The number of ether oxygens (including phenoxy) is 2. The largest absolute Gasteiger partial charge is 0.486 e. The molecule has 1 amide bonds. The summed E-state index contributed by atoms with van der Waals surface area (Å²) < 4.78 is 11.3. The smallest absolute Gasteiger partial charge is 0.238 e. The van der Waals surface area contributed by atoms with Gasteiger partial charge in [0.2, 0.25) is 5.91 Å². The SMILES string of the molecule is Cc1ccc(Cl)cc1NC(=O)CN1CCC[C@@H]1c1ccc2c(c1)OCCO2. The molecule has 0 aromatic heterocycles. The highest BCUT2D eigenvalue weighted by Gasteiger charge is 2.28. The Morgan fingerprint density at radius 2 is 2.00 bits per heavy atom. The van der Waals surface area contributed by atoms with Crippen LogP contribution in [0, 0.1) is 6.92 Å². The second kappa shape index (κ2) is 7.79. The second-order valence-corrected chi connectivity index (χ2v) is 7.48. The Bertz CT molecular complexity index is 855. The summed E-state index contributed by atoms with van der Waals surface area (Å²) >= 11 is 6.05. The molecule has 1 saturated heterocycles. The van der Waals surface area contributed by atoms with Crippen molar-refractivity contribution in [3.63, 3.8) is 0 Å². The van der Waals surface area contributed by atoms with Crippen molar-refractivity contribution in [2.45, 2.75) is 25.8 Å². The van der Waals surface area contributed by atoms with Crippen molar-refractivity contribution in [2.24, 2.45) is 0 Å². The third kappa shape index (κ3) is 4.04. The van der Waals surface area contributed by atoms with Crippen molar-refractivity contribution in [3.8, 4) is 11.5 Å². The van der Waals surface area contributed by atoms with Gasteiger partial charge in [-0.15, -0.1) is 0 Å². The Morgan fingerprint density at radius 1 is 1.19 bits per heavy atom. The third-order valence-corrected chi connectivity index (χ3v) is 5.37. The number of nitrogens with zero attached hydrogens (tertiary/aromatic N) is 1. The number of aryl methyl sites for hydroxylation is 1. The summed E-state index contributed by atoms with van der Waals surface area (Å²) in [6.45, 7) is 4.38. The minimum Gasteiger partial charge on any atom is -0.486 e. The van der Waals surface area contributed by atoms with Gasteiger partial charge in [-0.2, -0.15) is 0 Å². The first-order valence-corrected chi connectivity index (χ1v) is 9.67. The first-order valence-electron chi connectivity index (χ1n) is 9.30. The number of rotatable bonds is 4. The van der Waals surface area contributed by atoms with Gasteiger partial charge in [0.25, 0.3) is 0 Å². The Hall–Kier alpha value is -2.24. The van der Waals surface area contributed by atoms with E-state index < -0.39 is 0 Å². The molecule has 2 aliphatic rings. The summed E-state index contributed by atoms with van der Waals surface area (Å²) in [7, 11) is 0. The highest BCUT2D eigenvalue weighted by Crippen LogP contribution is 2.38. The zero-order valence-electron chi connectivity index (χ0n) is 15.3. The fourth-order valence-electron chi connectivity index (χ4n) is 3.76. The van der Waals surface area contributed by atoms with Gasteiger partial charge < -0.3 is 14.8 Å². The lowest BCUT2D eigenvalue weighted by atomic mass is 10.0. The van der Waals surface area contributed by atoms with E-state index in [-0.39, 0.29) is 11.9 Å². The topological polar surface area (TPSA) is 50.8 Å². The minimum atomic E-state index is -0.0233. The van der Waals surface area contributed by atoms with Gasteiger partial charge in [-0.3, -0.25) is 9.69 Å². The quantitative estimate of drug-likeness (QED) is 0.855. The van der Waals surface area contributed by atoms with Crippen molar-refractivity contribution in [1.82, 2.24) is 4.90 Å². The molecule has 2 aromatic rings. The lowest BCUT2D eigenvalue weighted by Gasteiger charge is -2.26. The van der Waals surface area contributed by atoms with Gasteiger partial charge in [0.15, 0.2) is 11.5 Å². The molecule has 2 aromatic carbocycles. The molecular formula is C21H23ClN2O3. The van der Waals surface area contributed by atoms with E-state index >= 15 is 0 Å². The van der Waals surface area contributed by atoms with E-state index in [9.17, 15) is 4.79 Å². The predicted molar refractivity (Wildman–Crippen MR) is 106 cm³/mol. The second-order valence-electron chi connectivity index (χ2n) is 7.04. The van der Waals surface area contributed by atoms with Gasteiger partial charge in [0.05, 0.1) is 6.54 Å². The number of carbonyl (C=O) groups excluding carboxylic acids is 1. The van der Waals surface area contributed by atoms with Crippen LogP contribution in [0.5, 0.6) is 11.5 Å². The number of halogens is 1. The van der Waals surface area contributed by atoms with Crippen LogP contribution >= 0.6 is 11.6 Å². The zero-order valence-corrected chi connectivity index (χ0v) is 16.1. The summed E-state index contributed by atoms with van der Waals surface area (Å²) in [6, 6.07) is 11.8. The molecule has 142 valence electrons. The Balaban J connectivity index is 1.45. The summed E-state index contributed by atoms with van der Waals surface area (Å²) in [6.07, 6.45) is 2.10. The minimum absolute atomic E-state index is 0.0233. The van der Waals surface area contributed by atoms with Crippen LogP contribution in [0.1, 0.15) is 30.0 Å². The number of hydrogen-bond acceptors (Lipinski definition) is 4. The molecule has 0 aliphatic carbocycles. The number of likely N-dealkylation sites (tertiary alicyclic amines) is 1. The molecule has 27 heavy (non-hydrogen) atoms. The van der Waals surface area contributed by atoms with Crippen molar-refractivity contribution in [1.29, 1.82) is 0 Å². The van der Waals surface area contributed by atoms with Crippen molar-refractivity contribution >= 4 is 23.2 Å². The molecule has 5 nitrogen and oxygen atoms in total. The number of benzene rings is 2. The van der Waals surface area contributed by atoms with Crippen LogP contribution in [0.2, 0.25) is 5.02 Å². The Morgan fingerprint density at radius 3 is 2.85 bits per heavy atom. The van der Waals surface area contributed by atoms with Gasteiger partial charge >= 0.3 is 0 Å². The summed E-state index contributed by atoms with van der Waals surface area (Å²) in [5.41, 5.74) is 2.93. The molecule has 2 heterocycles. The van der Waals surface area contributed by atoms with Crippen molar-refractivity contribution in [3.05, 3.63) is 52.5 Å². The lowest BCUT2D eigenvalue weighted by molar-refractivity contribution is -0.117. The number of carbonyl (C=O) groups is 1. The predicted octanol–water partition coefficient (Wildman–Crippen LogP) is 4.20. The van der Waals surface area contributed by atoms with Gasteiger partial charge in [-0.05, 0) is 61.7 Å². The highest BCUT2D eigenvalue weighted by atomic mass is 35.5. The maximum atomic E-state index is 12.6. The molecule has 6 heteroatoms. The van der Waals surface area contributed by atoms with Crippen LogP contribution < -0.4 is 14.8 Å². The fraction of sp³-hybridized carbons (Fsp3) is 0.381. The monoisotopic (exact) mass is 386 g/mol. The van der Waals surface area contributed by atoms with Crippen LogP contribution in [0.25, 0.3) is 0 Å². The van der Waals surface area contributed by atoms with Gasteiger partial charge in [-0.1, -0.05) is 23.7 Å². The molecule has 1 fully saturated rings. The molecule has 0 bridgehead atoms. The molecule has 0 saturated carbocycles. The number of nitrogens with one attached hydrogen (secondary N) is 1. The van der Waals surface area contributed by atoms with Crippen molar-refractivity contribution < 1.29 is 14.3 Å². The van der Waals surface area contributed by atoms with Crippen LogP contribution in [0.15, 0.2) is 36.4 Å². The van der Waals surface area contributed by atoms with E-state index in [1.165, 1.54) is 5.56 Å². The maximum absolute atomic E-state index is 12.6. The average molecular weight is 387 g/mol. The van der Waals surface area contributed by atoms with E-state index in [1.54, 1.807) is 6.07 Å². The fourth-order valence-corrected chi connectivity index (χ4v) is 3.94. The first-order chi connectivity index (χ1) is 13.1. The number of fused-ring (bicyclic) bond motifs is 1. The third-order valence-electron chi connectivity index (χ3n) is 5.14. The summed E-state index contributed by atoms with van der Waals surface area (Å²) in [5.74, 6) is 1.57. The molecular weight excluding hydrogens is 364 g/mol. The van der Waals surface area contributed by atoms with Crippen LogP contribution in [-0.4, -0.2) is 37.1 Å². The van der Waals surface area contributed by atoms with E-state index in [0.29, 0.717) is 24.8 Å². The van der Waals surface area contributed by atoms with Crippen molar-refractivity contribution in [2.75, 3.05) is 31.6 Å². The first kappa shape index (κ1) is 18.1. The van der Waals surface area contributed by atoms with Gasteiger partial charge in [0.1, 0.15) is 13.2 Å². The number of hydrogen-bond donors (Lipinski definition) is 1. The van der Waals surface area contributed by atoms with E-state index in [2.05, 4.69) is 22.3 Å². The van der Waals surface area contributed by atoms with E-state index in [1.807, 2.05) is 25.1 Å². The maximum Gasteiger partial charge on any atom is 0.238 e. The lowest BCUT2D eigenvalue weighted by Crippen LogP contribution is -2.33. The molecule has 0 radical (unpaired) electrons. The number of anilines is 1. The van der Waals surface area contributed by atoms with Gasteiger partial charge in [-0.25, -0.2) is 0 Å². The summed E-state index contributed by atoms with van der Waals surface area (Å²) in [5, 5.41) is 3.61. The molecule has 0 unspecified atom stereocenters. The molecule has 2 aliphatic heterocycles. The van der Waals surface area contributed by atoms with Crippen LogP contribution in [0.3, 0.4) is 0 Å². The average Bonchev–Trinajstić information content (AvgIpc) is 3.12. The zero-order chi connectivity index (χ0) is 18.8. The normalized spacial score (nSPS) is 19.1. The highest BCUT2D eigenvalue weighted by molar-refractivity contribution is 6.31. The molecule has 0 spiro atoms.